The van der Waals surface area contributed by atoms with Gasteiger partial charge in [-0.05, 0) is 62.1 Å². The number of ether oxygens (including phenoxy) is 2. The summed E-state index contributed by atoms with van der Waals surface area (Å²) in [6, 6.07) is 15.8. The molecule has 0 aliphatic carbocycles. The Morgan fingerprint density at radius 1 is 0.976 bits per heavy atom. The van der Waals surface area contributed by atoms with E-state index in [9.17, 15) is 19.2 Å². The lowest BCUT2D eigenvalue weighted by Crippen LogP contribution is -2.58. The summed E-state index contributed by atoms with van der Waals surface area (Å²) < 4.78 is 10.9. The molecule has 0 radical (unpaired) electrons. The molecule has 0 bridgehead atoms. The van der Waals surface area contributed by atoms with Gasteiger partial charge >= 0.3 is 11.9 Å². The first kappa shape index (κ1) is 31.8. The Morgan fingerprint density at radius 3 is 2.34 bits per heavy atom. The van der Waals surface area contributed by atoms with Crippen LogP contribution in [0, 0.1) is 5.92 Å². The first-order valence-corrected chi connectivity index (χ1v) is 14.6. The van der Waals surface area contributed by atoms with Crippen LogP contribution in [0.1, 0.15) is 74.7 Å². The van der Waals surface area contributed by atoms with Gasteiger partial charge in [-0.15, -0.1) is 0 Å². The van der Waals surface area contributed by atoms with Crippen LogP contribution in [-0.2, 0) is 30.5 Å². The zero-order valence-electron chi connectivity index (χ0n) is 24.1. The second-order valence-electron chi connectivity index (χ2n) is 10.6. The molecule has 1 aliphatic rings. The van der Waals surface area contributed by atoms with Crippen LogP contribution in [0.4, 0.5) is 0 Å². The smallest absolute Gasteiger partial charge is 0.338 e. The molecule has 0 saturated carbocycles. The number of benzene rings is 2. The number of rotatable bonds is 14. The van der Waals surface area contributed by atoms with Crippen LogP contribution in [0.25, 0.3) is 0 Å². The van der Waals surface area contributed by atoms with Gasteiger partial charge < -0.3 is 25.4 Å². The third-order valence-electron chi connectivity index (χ3n) is 7.59. The van der Waals surface area contributed by atoms with Crippen LogP contribution in [0.15, 0.2) is 60.7 Å². The number of unbranched alkanes of at least 4 members (excludes halogenated alkanes) is 1. The lowest BCUT2D eigenvalue weighted by atomic mass is 9.95. The van der Waals surface area contributed by atoms with E-state index in [4.69, 9.17) is 15.2 Å². The maximum Gasteiger partial charge on any atom is 0.338 e. The average Bonchev–Trinajstić information content (AvgIpc) is 3.02. The Morgan fingerprint density at radius 2 is 1.66 bits per heavy atom. The molecule has 9 nitrogen and oxygen atoms in total. The summed E-state index contributed by atoms with van der Waals surface area (Å²) in [5, 5.41) is 2.86. The van der Waals surface area contributed by atoms with Crippen molar-refractivity contribution < 1.29 is 28.7 Å². The molecule has 0 aromatic heterocycles. The SMILES string of the molecule is CCC(C)C(N)C(=O)N1CCCC[C@H]1C(=O)NC(CCCCOC(=O)c1ccccc1)C(=O)OCc1ccccc1. The van der Waals surface area contributed by atoms with Gasteiger partial charge in [0, 0.05) is 6.54 Å². The van der Waals surface area contributed by atoms with E-state index in [1.807, 2.05) is 50.2 Å². The maximum atomic E-state index is 13.5. The zero-order chi connectivity index (χ0) is 29.6. The van der Waals surface area contributed by atoms with E-state index in [1.54, 1.807) is 29.2 Å². The fraction of sp³-hybridized carbons (Fsp3) is 0.500. The van der Waals surface area contributed by atoms with Crippen molar-refractivity contribution in [2.24, 2.45) is 11.7 Å². The lowest BCUT2D eigenvalue weighted by molar-refractivity contribution is -0.151. The molecular formula is C32H43N3O6. The number of carbonyl (C=O) groups excluding carboxylic acids is 4. The summed E-state index contributed by atoms with van der Waals surface area (Å²) in [6.07, 6.45) is 4.19. The number of amides is 2. The van der Waals surface area contributed by atoms with E-state index >= 15 is 0 Å². The molecule has 41 heavy (non-hydrogen) atoms. The van der Waals surface area contributed by atoms with Crippen molar-refractivity contribution in [3.05, 3.63) is 71.8 Å². The first-order valence-electron chi connectivity index (χ1n) is 14.6. The number of nitrogens with zero attached hydrogens (tertiary/aromatic N) is 1. The molecule has 1 heterocycles. The summed E-state index contributed by atoms with van der Waals surface area (Å²) in [5.74, 6) is -1.58. The van der Waals surface area contributed by atoms with Crippen LogP contribution in [-0.4, -0.2) is 59.9 Å². The standard InChI is InChI=1S/C32H43N3O6/c1-3-23(2)28(33)30(37)35-20-12-10-19-27(35)29(36)34-26(32(39)41-22-24-14-6-4-7-15-24)18-11-13-21-40-31(38)25-16-8-5-9-17-25/h4-9,14-17,23,26-28H,3,10-13,18-22,33H2,1-2H3,(H,34,36)/t23?,26?,27-,28?/m0/s1. The van der Waals surface area contributed by atoms with Crippen LogP contribution < -0.4 is 11.1 Å². The Kier molecular flexibility index (Phi) is 12.8. The second kappa shape index (κ2) is 16.5. The molecular weight excluding hydrogens is 522 g/mol. The Hall–Kier alpha value is -3.72. The van der Waals surface area contributed by atoms with Crippen LogP contribution in [0.2, 0.25) is 0 Å². The number of likely N-dealkylation sites (tertiary alicyclic amines) is 1. The van der Waals surface area contributed by atoms with Crippen LogP contribution in [0.5, 0.6) is 0 Å². The van der Waals surface area contributed by atoms with Gasteiger partial charge in [0.2, 0.25) is 11.8 Å². The fourth-order valence-corrected chi connectivity index (χ4v) is 4.78. The van der Waals surface area contributed by atoms with E-state index < -0.39 is 30.1 Å². The van der Waals surface area contributed by atoms with Crippen molar-refractivity contribution in [2.75, 3.05) is 13.2 Å². The highest BCUT2D eigenvalue weighted by Crippen LogP contribution is 2.21. The number of carbonyl (C=O) groups is 4. The number of hydrogen-bond acceptors (Lipinski definition) is 7. The number of nitrogens with one attached hydrogen (secondary N) is 1. The highest BCUT2D eigenvalue weighted by Gasteiger charge is 2.37. The molecule has 9 heteroatoms. The van der Waals surface area contributed by atoms with Gasteiger partial charge in [-0.2, -0.15) is 0 Å². The molecule has 3 rings (SSSR count). The third-order valence-corrected chi connectivity index (χ3v) is 7.59. The molecule has 2 aromatic rings. The van der Waals surface area contributed by atoms with Crippen molar-refractivity contribution in [1.29, 1.82) is 0 Å². The molecule has 2 aromatic carbocycles. The highest BCUT2D eigenvalue weighted by molar-refractivity contribution is 5.92. The van der Waals surface area contributed by atoms with Crippen LogP contribution >= 0.6 is 0 Å². The summed E-state index contributed by atoms with van der Waals surface area (Å²) in [6.45, 7) is 4.63. The highest BCUT2D eigenvalue weighted by atomic mass is 16.5. The molecule has 1 saturated heterocycles. The second-order valence-corrected chi connectivity index (χ2v) is 10.6. The third kappa shape index (κ3) is 9.70. The Labute approximate surface area is 242 Å². The van der Waals surface area contributed by atoms with Gasteiger partial charge in [-0.3, -0.25) is 9.59 Å². The fourth-order valence-electron chi connectivity index (χ4n) is 4.78. The lowest BCUT2D eigenvalue weighted by Gasteiger charge is -2.37. The quantitative estimate of drug-likeness (QED) is 0.262. The summed E-state index contributed by atoms with van der Waals surface area (Å²) in [4.78, 5) is 53.5. The molecule has 0 spiro atoms. The summed E-state index contributed by atoms with van der Waals surface area (Å²) in [5.41, 5.74) is 7.54. The topological polar surface area (TPSA) is 128 Å². The number of hydrogen-bond donors (Lipinski definition) is 2. The van der Waals surface area contributed by atoms with Crippen molar-refractivity contribution in [3.8, 4) is 0 Å². The minimum Gasteiger partial charge on any atom is -0.462 e. The van der Waals surface area contributed by atoms with E-state index in [0.29, 0.717) is 37.8 Å². The van der Waals surface area contributed by atoms with Crippen molar-refractivity contribution in [2.45, 2.75) is 83.5 Å². The van der Waals surface area contributed by atoms with Gasteiger partial charge in [0.1, 0.15) is 18.7 Å². The first-order chi connectivity index (χ1) is 19.8. The van der Waals surface area contributed by atoms with Gasteiger partial charge in [0.05, 0.1) is 18.2 Å². The van der Waals surface area contributed by atoms with E-state index in [0.717, 1.165) is 24.8 Å². The molecule has 4 atom stereocenters. The zero-order valence-corrected chi connectivity index (χ0v) is 24.1. The van der Waals surface area contributed by atoms with E-state index in [-0.39, 0.29) is 30.9 Å². The molecule has 3 N–H and O–H groups in total. The summed E-state index contributed by atoms with van der Waals surface area (Å²) in [7, 11) is 0. The summed E-state index contributed by atoms with van der Waals surface area (Å²) >= 11 is 0. The minimum atomic E-state index is -0.904. The van der Waals surface area contributed by atoms with Crippen LogP contribution in [0.3, 0.4) is 0 Å². The molecule has 2 amide bonds. The van der Waals surface area contributed by atoms with Crippen molar-refractivity contribution >= 4 is 23.8 Å². The predicted molar refractivity (Wildman–Crippen MR) is 156 cm³/mol. The van der Waals surface area contributed by atoms with Crippen molar-refractivity contribution in [1.82, 2.24) is 10.2 Å². The molecule has 1 aliphatic heterocycles. The normalized spacial score (nSPS) is 17.1. The number of esters is 2. The van der Waals surface area contributed by atoms with Crippen molar-refractivity contribution in [3.63, 3.8) is 0 Å². The monoisotopic (exact) mass is 565 g/mol. The van der Waals surface area contributed by atoms with Gasteiger partial charge in [0.15, 0.2) is 0 Å². The number of nitrogens with two attached hydrogens (primary N) is 1. The van der Waals surface area contributed by atoms with Gasteiger partial charge in [-0.1, -0.05) is 68.8 Å². The average molecular weight is 566 g/mol. The minimum absolute atomic E-state index is 0.00941. The molecule has 3 unspecified atom stereocenters. The van der Waals surface area contributed by atoms with Gasteiger partial charge in [0.25, 0.3) is 0 Å². The maximum absolute atomic E-state index is 13.5. The Balaban J connectivity index is 1.61. The molecule has 222 valence electrons. The van der Waals surface area contributed by atoms with E-state index in [1.165, 1.54) is 0 Å². The Bertz CT molecular complexity index is 1130. The van der Waals surface area contributed by atoms with E-state index in [2.05, 4.69) is 5.32 Å². The largest absolute Gasteiger partial charge is 0.462 e. The molecule has 1 fully saturated rings. The number of piperidine rings is 1. The predicted octanol–water partition coefficient (Wildman–Crippen LogP) is 4.00. The van der Waals surface area contributed by atoms with Gasteiger partial charge in [-0.25, -0.2) is 9.59 Å².